The highest BCUT2D eigenvalue weighted by Crippen LogP contribution is 2.59. The summed E-state index contributed by atoms with van der Waals surface area (Å²) < 4.78 is 0. The maximum Gasteiger partial charge on any atom is 0.224 e. The van der Waals surface area contributed by atoms with E-state index >= 15 is 0 Å². The van der Waals surface area contributed by atoms with Crippen LogP contribution in [0.1, 0.15) is 50.2 Å². The summed E-state index contributed by atoms with van der Waals surface area (Å²) in [6.45, 7) is 4.29. The van der Waals surface area contributed by atoms with Gasteiger partial charge in [-0.05, 0) is 48.6 Å². The van der Waals surface area contributed by atoms with Gasteiger partial charge < -0.3 is 10.4 Å². The van der Waals surface area contributed by atoms with Crippen molar-refractivity contribution >= 4 is 5.91 Å². The minimum Gasteiger partial charge on any atom is -0.388 e. The molecule has 3 atom stereocenters. The van der Waals surface area contributed by atoms with E-state index in [1.807, 2.05) is 13.8 Å². The van der Waals surface area contributed by atoms with Gasteiger partial charge in [0.15, 0.2) is 0 Å². The highest BCUT2D eigenvalue weighted by Gasteiger charge is 2.56. The Hall–Kier alpha value is -1.35. The predicted molar refractivity (Wildman–Crippen MR) is 83.0 cm³/mol. The van der Waals surface area contributed by atoms with E-state index < -0.39 is 5.60 Å². The van der Waals surface area contributed by atoms with Crippen LogP contribution < -0.4 is 5.32 Å². The molecule has 3 unspecified atom stereocenters. The predicted octanol–water partition coefficient (Wildman–Crippen LogP) is 2.63. The van der Waals surface area contributed by atoms with Gasteiger partial charge in [0.25, 0.3) is 0 Å². The Kier molecular flexibility index (Phi) is 3.78. The fraction of sp³-hybridized carbons (Fsp3) is 0.611. The first-order chi connectivity index (χ1) is 10.1. The first-order valence-corrected chi connectivity index (χ1v) is 8.17. The highest BCUT2D eigenvalue weighted by atomic mass is 16.3. The van der Waals surface area contributed by atoms with E-state index in [9.17, 15) is 9.90 Å². The molecule has 1 aromatic carbocycles. The zero-order valence-electron chi connectivity index (χ0n) is 12.9. The van der Waals surface area contributed by atoms with Crippen LogP contribution >= 0.6 is 0 Å². The molecule has 3 heteroatoms. The Labute approximate surface area is 126 Å². The molecule has 0 aliphatic heterocycles. The second-order valence-corrected chi connectivity index (χ2v) is 6.60. The molecule has 0 aromatic heterocycles. The molecule has 0 saturated heterocycles. The molecule has 1 fully saturated rings. The average molecular weight is 287 g/mol. The standard InChI is InChI=1S/C18H25NO2/c1-3-18(21,4-2)11-19-17(20)16-14-10-9-12-7-5-6-8-13(12)15(14)16/h5-8,14-16,21H,3-4,9-11H2,1-2H3,(H,19,20). The molecular weight excluding hydrogens is 262 g/mol. The molecule has 21 heavy (non-hydrogen) atoms. The Morgan fingerprint density at radius 3 is 2.76 bits per heavy atom. The van der Waals surface area contributed by atoms with Gasteiger partial charge in [-0.3, -0.25) is 4.79 Å². The van der Waals surface area contributed by atoms with Crippen LogP contribution in [0.5, 0.6) is 0 Å². The fourth-order valence-corrected chi connectivity index (χ4v) is 3.79. The third kappa shape index (κ3) is 2.59. The number of benzene rings is 1. The molecule has 2 N–H and O–H groups in total. The molecule has 1 amide bonds. The lowest BCUT2D eigenvalue weighted by atomic mass is 9.92. The van der Waals surface area contributed by atoms with Gasteiger partial charge >= 0.3 is 0 Å². The lowest BCUT2D eigenvalue weighted by molar-refractivity contribution is -0.124. The number of hydrogen-bond donors (Lipinski definition) is 2. The van der Waals surface area contributed by atoms with Gasteiger partial charge in [-0.15, -0.1) is 0 Å². The number of hydrogen-bond acceptors (Lipinski definition) is 2. The number of amides is 1. The molecule has 0 spiro atoms. The summed E-state index contributed by atoms with van der Waals surface area (Å²) in [5.41, 5.74) is 2.02. The largest absolute Gasteiger partial charge is 0.388 e. The molecule has 0 radical (unpaired) electrons. The first-order valence-electron chi connectivity index (χ1n) is 8.17. The van der Waals surface area contributed by atoms with Crippen molar-refractivity contribution in [2.75, 3.05) is 6.54 Å². The summed E-state index contributed by atoms with van der Waals surface area (Å²) >= 11 is 0. The molecule has 2 aliphatic rings. The van der Waals surface area contributed by atoms with Crippen molar-refractivity contribution < 1.29 is 9.90 Å². The Morgan fingerprint density at radius 1 is 1.33 bits per heavy atom. The van der Waals surface area contributed by atoms with Gasteiger partial charge in [-0.25, -0.2) is 0 Å². The zero-order valence-corrected chi connectivity index (χ0v) is 12.9. The summed E-state index contributed by atoms with van der Waals surface area (Å²) in [5.74, 6) is 1.16. The summed E-state index contributed by atoms with van der Waals surface area (Å²) in [5, 5.41) is 13.3. The van der Waals surface area contributed by atoms with Crippen molar-refractivity contribution in [1.82, 2.24) is 5.32 Å². The van der Waals surface area contributed by atoms with Gasteiger partial charge in [0.1, 0.15) is 0 Å². The normalized spacial score (nSPS) is 26.7. The van der Waals surface area contributed by atoms with E-state index in [0.717, 1.165) is 12.8 Å². The molecule has 114 valence electrons. The zero-order chi connectivity index (χ0) is 15.0. The van der Waals surface area contributed by atoms with E-state index in [1.54, 1.807) is 0 Å². The lowest BCUT2D eigenvalue weighted by Gasteiger charge is -2.25. The summed E-state index contributed by atoms with van der Waals surface area (Å²) in [7, 11) is 0. The number of aryl methyl sites for hydroxylation is 1. The van der Waals surface area contributed by atoms with Crippen molar-refractivity contribution in [3.8, 4) is 0 Å². The monoisotopic (exact) mass is 287 g/mol. The van der Waals surface area contributed by atoms with Crippen LogP contribution in [0.4, 0.5) is 0 Å². The van der Waals surface area contributed by atoms with Crippen LogP contribution in [0.2, 0.25) is 0 Å². The molecule has 1 saturated carbocycles. The van der Waals surface area contributed by atoms with Crippen molar-refractivity contribution in [3.05, 3.63) is 35.4 Å². The van der Waals surface area contributed by atoms with Crippen LogP contribution in [-0.2, 0) is 11.2 Å². The van der Waals surface area contributed by atoms with E-state index in [1.165, 1.54) is 11.1 Å². The highest BCUT2D eigenvalue weighted by molar-refractivity contribution is 5.84. The van der Waals surface area contributed by atoms with Gasteiger partial charge in [0, 0.05) is 12.5 Å². The number of rotatable bonds is 5. The summed E-state index contributed by atoms with van der Waals surface area (Å²) in [6.07, 6.45) is 3.55. The van der Waals surface area contributed by atoms with Gasteiger partial charge in [0.2, 0.25) is 5.91 Å². The third-order valence-corrected chi connectivity index (χ3v) is 5.54. The summed E-state index contributed by atoms with van der Waals surface area (Å²) in [6, 6.07) is 8.51. The Balaban J connectivity index is 1.64. The molecule has 0 bridgehead atoms. The summed E-state index contributed by atoms with van der Waals surface area (Å²) in [4.78, 5) is 12.4. The van der Waals surface area contributed by atoms with Gasteiger partial charge in [-0.1, -0.05) is 38.1 Å². The second-order valence-electron chi connectivity index (χ2n) is 6.60. The fourth-order valence-electron chi connectivity index (χ4n) is 3.79. The number of carbonyl (C=O) groups excluding carboxylic acids is 1. The second kappa shape index (κ2) is 5.45. The molecule has 1 aromatic rings. The number of carbonyl (C=O) groups is 1. The number of nitrogens with one attached hydrogen (secondary N) is 1. The molecule has 3 nitrogen and oxygen atoms in total. The number of fused-ring (bicyclic) bond motifs is 3. The minimum absolute atomic E-state index is 0.117. The van der Waals surface area contributed by atoms with Gasteiger partial charge in [-0.2, -0.15) is 0 Å². The van der Waals surface area contributed by atoms with Crippen LogP contribution in [0.3, 0.4) is 0 Å². The topological polar surface area (TPSA) is 49.3 Å². The van der Waals surface area contributed by atoms with Crippen molar-refractivity contribution in [3.63, 3.8) is 0 Å². The molecule has 2 aliphatic carbocycles. The van der Waals surface area contributed by atoms with Crippen LogP contribution in [0, 0.1) is 11.8 Å². The third-order valence-electron chi connectivity index (χ3n) is 5.54. The Morgan fingerprint density at radius 2 is 2.05 bits per heavy atom. The van der Waals surface area contributed by atoms with E-state index in [0.29, 0.717) is 31.2 Å². The minimum atomic E-state index is -0.756. The SMILES string of the molecule is CCC(O)(CC)CNC(=O)C1C2CCc3ccccc3C21. The molecular formula is C18H25NO2. The van der Waals surface area contributed by atoms with Crippen molar-refractivity contribution in [2.45, 2.75) is 51.0 Å². The smallest absolute Gasteiger partial charge is 0.224 e. The van der Waals surface area contributed by atoms with Crippen molar-refractivity contribution in [1.29, 1.82) is 0 Å². The van der Waals surface area contributed by atoms with Gasteiger partial charge in [0.05, 0.1) is 5.60 Å². The van der Waals surface area contributed by atoms with Crippen LogP contribution in [-0.4, -0.2) is 23.2 Å². The quantitative estimate of drug-likeness (QED) is 0.874. The number of aliphatic hydroxyl groups is 1. The average Bonchev–Trinajstić information content (AvgIpc) is 3.27. The van der Waals surface area contributed by atoms with Crippen LogP contribution in [0.15, 0.2) is 24.3 Å². The molecule has 0 heterocycles. The van der Waals surface area contributed by atoms with E-state index in [4.69, 9.17) is 0 Å². The van der Waals surface area contributed by atoms with E-state index in [2.05, 4.69) is 29.6 Å². The first kappa shape index (κ1) is 14.6. The lowest BCUT2D eigenvalue weighted by Crippen LogP contribution is -2.42. The molecule has 3 rings (SSSR count). The van der Waals surface area contributed by atoms with Crippen molar-refractivity contribution in [2.24, 2.45) is 11.8 Å². The van der Waals surface area contributed by atoms with Crippen LogP contribution in [0.25, 0.3) is 0 Å². The Bertz CT molecular complexity index is 536. The maximum atomic E-state index is 12.4. The maximum absolute atomic E-state index is 12.4. The van der Waals surface area contributed by atoms with E-state index in [-0.39, 0.29) is 11.8 Å².